The van der Waals surface area contributed by atoms with Gasteiger partial charge in [-0.3, -0.25) is 4.90 Å². The third kappa shape index (κ3) is 2.09. The Labute approximate surface area is 99.5 Å². The summed E-state index contributed by atoms with van der Waals surface area (Å²) in [7, 11) is 0. The third-order valence-corrected chi connectivity index (χ3v) is 3.00. The number of likely N-dealkylation sites (tertiary alicyclic amines) is 1. The highest BCUT2D eigenvalue weighted by atomic mass is 16.6. The number of aliphatic carboxylic acids is 1. The summed E-state index contributed by atoms with van der Waals surface area (Å²) in [5.74, 6) is -1.01. The minimum Gasteiger partial charge on any atom is -0.479 e. The molecule has 1 amide bonds. The van der Waals surface area contributed by atoms with Gasteiger partial charge in [-0.1, -0.05) is 0 Å². The van der Waals surface area contributed by atoms with Crippen LogP contribution in [0.25, 0.3) is 0 Å². The van der Waals surface area contributed by atoms with Crippen molar-refractivity contribution >= 4 is 12.1 Å². The minimum atomic E-state index is -1.22. The number of amides is 1. The fourth-order valence-electron chi connectivity index (χ4n) is 2.22. The summed E-state index contributed by atoms with van der Waals surface area (Å²) in [5.41, 5.74) is -1.79. The van der Waals surface area contributed by atoms with Crippen LogP contribution in [0.15, 0.2) is 0 Å². The van der Waals surface area contributed by atoms with Crippen LogP contribution in [-0.2, 0) is 14.3 Å². The molecular weight excluding hydrogens is 226 g/mol. The van der Waals surface area contributed by atoms with E-state index in [9.17, 15) is 9.59 Å². The summed E-state index contributed by atoms with van der Waals surface area (Å²) in [6.45, 7) is 5.68. The van der Waals surface area contributed by atoms with Crippen LogP contribution in [0.5, 0.6) is 0 Å². The molecule has 0 saturated carbocycles. The van der Waals surface area contributed by atoms with E-state index >= 15 is 0 Å². The van der Waals surface area contributed by atoms with E-state index in [1.165, 1.54) is 4.90 Å². The molecule has 2 heterocycles. The molecule has 0 radical (unpaired) electrons. The van der Waals surface area contributed by atoms with Gasteiger partial charge in [0, 0.05) is 6.42 Å². The highest BCUT2D eigenvalue weighted by Gasteiger charge is 2.58. The molecule has 0 aromatic carbocycles. The molecule has 2 fully saturated rings. The Morgan fingerprint density at radius 2 is 2.12 bits per heavy atom. The molecule has 6 nitrogen and oxygen atoms in total. The summed E-state index contributed by atoms with van der Waals surface area (Å²) in [6, 6.07) is -0.180. The van der Waals surface area contributed by atoms with Crippen molar-refractivity contribution in [2.75, 3.05) is 13.2 Å². The number of hydrogen-bond acceptors (Lipinski definition) is 4. The standard InChI is InChI=1S/C11H17NO5/c1-10(2,3)17-9(15)12-6-11(8(13)14)4-7(12)5-16-11/h7H,4-6H2,1-3H3,(H,13,14)/t7-,11-/m0/s1. The van der Waals surface area contributed by atoms with Crippen LogP contribution in [0.3, 0.4) is 0 Å². The fourth-order valence-corrected chi connectivity index (χ4v) is 2.22. The maximum absolute atomic E-state index is 11.9. The molecule has 0 aromatic rings. The zero-order valence-corrected chi connectivity index (χ0v) is 10.2. The van der Waals surface area contributed by atoms with Crippen molar-refractivity contribution in [1.82, 2.24) is 4.90 Å². The second-order valence-corrected chi connectivity index (χ2v) is 5.58. The van der Waals surface area contributed by atoms with Gasteiger partial charge in [0.05, 0.1) is 19.2 Å². The van der Waals surface area contributed by atoms with Gasteiger partial charge in [-0.15, -0.1) is 0 Å². The number of ether oxygens (including phenoxy) is 2. The number of carboxylic acids is 1. The molecule has 0 spiro atoms. The molecule has 2 rings (SSSR count). The number of carbonyl (C=O) groups is 2. The van der Waals surface area contributed by atoms with Crippen molar-refractivity contribution in [3.63, 3.8) is 0 Å². The zero-order chi connectivity index (χ0) is 12.8. The first kappa shape index (κ1) is 12.2. The lowest BCUT2D eigenvalue weighted by molar-refractivity contribution is -0.162. The molecule has 2 aliphatic rings. The summed E-state index contributed by atoms with van der Waals surface area (Å²) in [6.07, 6.45) is -0.115. The van der Waals surface area contributed by atoms with Gasteiger partial charge < -0.3 is 14.6 Å². The van der Waals surface area contributed by atoms with Gasteiger partial charge >= 0.3 is 12.1 Å². The van der Waals surface area contributed by atoms with Gasteiger partial charge in [0.15, 0.2) is 5.60 Å². The first-order valence-corrected chi connectivity index (χ1v) is 5.60. The molecular formula is C11H17NO5. The Balaban J connectivity index is 2.07. The predicted octanol–water partition coefficient (Wildman–Crippen LogP) is 0.849. The molecule has 0 aromatic heterocycles. The van der Waals surface area contributed by atoms with E-state index in [1.54, 1.807) is 20.8 Å². The van der Waals surface area contributed by atoms with Crippen LogP contribution in [0.2, 0.25) is 0 Å². The first-order valence-electron chi connectivity index (χ1n) is 5.60. The molecule has 2 aliphatic heterocycles. The number of rotatable bonds is 1. The second-order valence-electron chi connectivity index (χ2n) is 5.58. The van der Waals surface area contributed by atoms with Crippen molar-refractivity contribution in [3.05, 3.63) is 0 Å². The van der Waals surface area contributed by atoms with E-state index in [-0.39, 0.29) is 19.2 Å². The SMILES string of the molecule is CC(C)(C)OC(=O)N1C[C@]2(C(=O)O)C[C@H]1CO2. The first-order chi connectivity index (χ1) is 7.73. The molecule has 2 bridgehead atoms. The summed E-state index contributed by atoms with van der Waals surface area (Å²) >= 11 is 0. The molecule has 2 saturated heterocycles. The Kier molecular flexibility index (Phi) is 2.57. The van der Waals surface area contributed by atoms with E-state index in [4.69, 9.17) is 14.6 Å². The van der Waals surface area contributed by atoms with Gasteiger partial charge in [0.25, 0.3) is 0 Å². The number of fused-ring (bicyclic) bond motifs is 2. The summed E-state index contributed by atoms with van der Waals surface area (Å²) in [5, 5.41) is 9.12. The number of morpholine rings is 1. The van der Waals surface area contributed by atoms with Gasteiger partial charge in [-0.25, -0.2) is 9.59 Å². The molecule has 96 valence electrons. The lowest BCUT2D eigenvalue weighted by Gasteiger charge is -2.32. The van der Waals surface area contributed by atoms with E-state index in [0.29, 0.717) is 6.42 Å². The highest BCUT2D eigenvalue weighted by molar-refractivity contribution is 5.81. The van der Waals surface area contributed by atoms with E-state index in [0.717, 1.165) is 0 Å². The van der Waals surface area contributed by atoms with Crippen LogP contribution in [0.1, 0.15) is 27.2 Å². The molecule has 1 N–H and O–H groups in total. The fraction of sp³-hybridized carbons (Fsp3) is 0.818. The number of nitrogens with zero attached hydrogens (tertiary/aromatic N) is 1. The van der Waals surface area contributed by atoms with Crippen molar-refractivity contribution in [1.29, 1.82) is 0 Å². The third-order valence-electron chi connectivity index (χ3n) is 3.00. The lowest BCUT2D eigenvalue weighted by atomic mass is 10.0. The van der Waals surface area contributed by atoms with Crippen LogP contribution < -0.4 is 0 Å². The van der Waals surface area contributed by atoms with E-state index in [2.05, 4.69) is 0 Å². The summed E-state index contributed by atoms with van der Waals surface area (Å²) in [4.78, 5) is 24.5. The van der Waals surface area contributed by atoms with Gasteiger partial charge in [-0.05, 0) is 20.8 Å². The van der Waals surface area contributed by atoms with Gasteiger partial charge in [0.2, 0.25) is 0 Å². The summed E-state index contributed by atoms with van der Waals surface area (Å²) < 4.78 is 10.5. The largest absolute Gasteiger partial charge is 0.479 e. The van der Waals surface area contributed by atoms with Crippen molar-refractivity contribution in [3.8, 4) is 0 Å². The minimum absolute atomic E-state index is 0.0713. The second kappa shape index (κ2) is 3.60. The lowest BCUT2D eigenvalue weighted by Crippen LogP contribution is -2.50. The van der Waals surface area contributed by atoms with Gasteiger partial charge in [0.1, 0.15) is 5.60 Å². The van der Waals surface area contributed by atoms with Crippen LogP contribution >= 0.6 is 0 Å². The number of carbonyl (C=O) groups excluding carboxylic acids is 1. The topological polar surface area (TPSA) is 76.1 Å². The quantitative estimate of drug-likeness (QED) is 0.738. The Hall–Kier alpha value is -1.30. The van der Waals surface area contributed by atoms with Crippen LogP contribution in [0, 0.1) is 0 Å². The Bertz CT molecular complexity index is 361. The normalized spacial score (nSPS) is 31.7. The molecule has 6 heteroatoms. The molecule has 2 atom stereocenters. The maximum atomic E-state index is 11.9. The molecule has 0 aliphatic carbocycles. The van der Waals surface area contributed by atoms with Crippen molar-refractivity contribution in [2.24, 2.45) is 0 Å². The predicted molar refractivity (Wildman–Crippen MR) is 57.7 cm³/mol. The monoisotopic (exact) mass is 243 g/mol. The number of carboxylic acid groups (broad SMARTS) is 1. The van der Waals surface area contributed by atoms with Crippen molar-refractivity contribution in [2.45, 2.75) is 44.4 Å². The van der Waals surface area contributed by atoms with Crippen LogP contribution in [-0.4, -0.2) is 52.5 Å². The molecule has 17 heavy (non-hydrogen) atoms. The average Bonchev–Trinajstić information content (AvgIpc) is 2.72. The average molecular weight is 243 g/mol. The smallest absolute Gasteiger partial charge is 0.410 e. The van der Waals surface area contributed by atoms with E-state index in [1.807, 2.05) is 0 Å². The van der Waals surface area contributed by atoms with Gasteiger partial charge in [-0.2, -0.15) is 0 Å². The van der Waals surface area contributed by atoms with Crippen LogP contribution in [0.4, 0.5) is 4.79 Å². The maximum Gasteiger partial charge on any atom is 0.410 e. The van der Waals surface area contributed by atoms with Crippen molar-refractivity contribution < 1.29 is 24.2 Å². The Morgan fingerprint density at radius 3 is 2.59 bits per heavy atom. The zero-order valence-electron chi connectivity index (χ0n) is 10.2. The molecule has 0 unspecified atom stereocenters. The number of hydrogen-bond donors (Lipinski definition) is 1. The van der Waals surface area contributed by atoms with E-state index < -0.39 is 23.3 Å². The Morgan fingerprint density at radius 1 is 1.47 bits per heavy atom. The highest BCUT2D eigenvalue weighted by Crippen LogP contribution is 2.38.